The molecule has 86 valence electrons. The van der Waals surface area contributed by atoms with Crippen LogP contribution in [0.3, 0.4) is 0 Å². The molecular formula is C10H21N5. The fourth-order valence-corrected chi connectivity index (χ4v) is 1.46. The monoisotopic (exact) mass is 211 g/mol. The van der Waals surface area contributed by atoms with Crippen LogP contribution in [0.15, 0.2) is 0 Å². The fraction of sp³-hybridized carbons (Fsp3) is 0.900. The Bertz CT molecular complexity index is 283. The van der Waals surface area contributed by atoms with Crippen LogP contribution in [0.25, 0.3) is 0 Å². The highest BCUT2D eigenvalue weighted by Crippen LogP contribution is 2.19. The summed E-state index contributed by atoms with van der Waals surface area (Å²) < 4.78 is 1.93. The van der Waals surface area contributed by atoms with Crippen LogP contribution in [0.4, 0.5) is 0 Å². The van der Waals surface area contributed by atoms with Gasteiger partial charge in [-0.15, -0.1) is 5.10 Å². The van der Waals surface area contributed by atoms with Crippen LogP contribution in [-0.4, -0.2) is 26.8 Å². The molecule has 1 rings (SSSR count). The molecule has 2 unspecified atom stereocenters. The molecule has 0 aliphatic heterocycles. The molecule has 1 N–H and O–H groups in total. The zero-order chi connectivity index (χ0) is 11.3. The molecule has 1 aromatic rings. The highest BCUT2D eigenvalue weighted by molar-refractivity contribution is 4.83. The minimum atomic E-state index is 0.360. The predicted octanol–water partition coefficient (Wildman–Crippen LogP) is 1.39. The molecule has 0 fully saturated rings. The molecule has 0 aromatic carbocycles. The predicted molar refractivity (Wildman–Crippen MR) is 59.4 cm³/mol. The molecule has 1 heterocycles. The van der Waals surface area contributed by atoms with E-state index in [0.29, 0.717) is 12.0 Å². The van der Waals surface area contributed by atoms with Gasteiger partial charge in [0, 0.05) is 0 Å². The molecule has 15 heavy (non-hydrogen) atoms. The standard InChI is InChI=1S/C10H21N5/c1-5-8(3)9(4)15-10(7-11-6-2)12-13-14-15/h8-9,11H,5-7H2,1-4H3. The van der Waals surface area contributed by atoms with Crippen LogP contribution < -0.4 is 5.32 Å². The van der Waals surface area contributed by atoms with Gasteiger partial charge < -0.3 is 5.32 Å². The van der Waals surface area contributed by atoms with Gasteiger partial charge in [-0.25, -0.2) is 4.68 Å². The Morgan fingerprint density at radius 1 is 1.33 bits per heavy atom. The normalized spacial score (nSPS) is 15.2. The quantitative estimate of drug-likeness (QED) is 0.772. The third-order valence-electron chi connectivity index (χ3n) is 2.95. The Hall–Kier alpha value is -0.970. The number of hydrogen-bond acceptors (Lipinski definition) is 4. The van der Waals surface area contributed by atoms with Gasteiger partial charge in [0.15, 0.2) is 5.82 Å². The van der Waals surface area contributed by atoms with Crippen molar-refractivity contribution < 1.29 is 0 Å². The third kappa shape index (κ3) is 2.99. The van der Waals surface area contributed by atoms with Gasteiger partial charge in [-0.3, -0.25) is 0 Å². The van der Waals surface area contributed by atoms with E-state index < -0.39 is 0 Å². The lowest BCUT2D eigenvalue weighted by Gasteiger charge is -2.19. The van der Waals surface area contributed by atoms with E-state index in [0.717, 1.165) is 25.3 Å². The number of hydrogen-bond donors (Lipinski definition) is 1. The summed E-state index contributed by atoms with van der Waals surface area (Å²) in [5, 5.41) is 15.1. The van der Waals surface area contributed by atoms with Crippen LogP contribution in [0.1, 0.15) is 46.0 Å². The van der Waals surface area contributed by atoms with E-state index in [4.69, 9.17) is 0 Å². The molecule has 0 radical (unpaired) electrons. The number of rotatable bonds is 6. The van der Waals surface area contributed by atoms with Gasteiger partial charge in [-0.1, -0.05) is 27.2 Å². The van der Waals surface area contributed by atoms with Crippen LogP contribution in [0.2, 0.25) is 0 Å². The zero-order valence-electron chi connectivity index (χ0n) is 10.1. The van der Waals surface area contributed by atoms with E-state index in [1.807, 2.05) is 4.68 Å². The Morgan fingerprint density at radius 2 is 2.07 bits per heavy atom. The summed E-state index contributed by atoms with van der Waals surface area (Å²) in [7, 11) is 0. The average molecular weight is 211 g/mol. The van der Waals surface area contributed by atoms with Gasteiger partial charge in [0.1, 0.15) is 0 Å². The van der Waals surface area contributed by atoms with Crippen molar-refractivity contribution in [3.05, 3.63) is 5.82 Å². The second-order valence-corrected chi connectivity index (χ2v) is 3.95. The molecule has 0 aliphatic rings. The first-order valence-electron chi connectivity index (χ1n) is 5.68. The van der Waals surface area contributed by atoms with E-state index >= 15 is 0 Å². The topological polar surface area (TPSA) is 55.6 Å². The maximum atomic E-state index is 4.05. The van der Waals surface area contributed by atoms with Gasteiger partial charge in [0.25, 0.3) is 0 Å². The average Bonchev–Trinajstić information content (AvgIpc) is 2.72. The molecule has 0 saturated carbocycles. The summed E-state index contributed by atoms with van der Waals surface area (Å²) in [5.41, 5.74) is 0. The SMILES string of the molecule is CCNCc1nnnn1C(C)C(C)CC. The van der Waals surface area contributed by atoms with Crippen molar-refractivity contribution in [1.29, 1.82) is 0 Å². The largest absolute Gasteiger partial charge is 0.310 e. The van der Waals surface area contributed by atoms with Crippen LogP contribution >= 0.6 is 0 Å². The van der Waals surface area contributed by atoms with Crippen molar-refractivity contribution in [3.63, 3.8) is 0 Å². The van der Waals surface area contributed by atoms with E-state index in [1.165, 1.54) is 0 Å². The molecule has 0 saturated heterocycles. The van der Waals surface area contributed by atoms with Gasteiger partial charge in [-0.05, 0) is 29.8 Å². The first-order valence-corrected chi connectivity index (χ1v) is 5.68. The Morgan fingerprint density at radius 3 is 2.67 bits per heavy atom. The minimum Gasteiger partial charge on any atom is -0.310 e. The second kappa shape index (κ2) is 5.80. The van der Waals surface area contributed by atoms with Crippen molar-refractivity contribution in [3.8, 4) is 0 Å². The smallest absolute Gasteiger partial charge is 0.165 e. The van der Waals surface area contributed by atoms with Crippen LogP contribution in [0, 0.1) is 5.92 Å². The molecule has 5 nitrogen and oxygen atoms in total. The van der Waals surface area contributed by atoms with Crippen molar-refractivity contribution >= 4 is 0 Å². The Labute approximate surface area is 91.2 Å². The summed E-state index contributed by atoms with van der Waals surface area (Å²) >= 11 is 0. The molecule has 0 amide bonds. The van der Waals surface area contributed by atoms with Gasteiger partial charge in [0.2, 0.25) is 0 Å². The first-order chi connectivity index (χ1) is 7.20. The number of aromatic nitrogens is 4. The lowest BCUT2D eigenvalue weighted by atomic mass is 10.0. The Balaban J connectivity index is 2.70. The molecule has 0 spiro atoms. The van der Waals surface area contributed by atoms with E-state index in [9.17, 15) is 0 Å². The zero-order valence-corrected chi connectivity index (χ0v) is 10.1. The molecule has 5 heteroatoms. The minimum absolute atomic E-state index is 0.360. The summed E-state index contributed by atoms with van der Waals surface area (Å²) in [5.74, 6) is 1.51. The Kier molecular flexibility index (Phi) is 4.68. The molecular weight excluding hydrogens is 190 g/mol. The van der Waals surface area contributed by atoms with Crippen molar-refractivity contribution in [2.75, 3.05) is 6.54 Å². The summed E-state index contributed by atoms with van der Waals surface area (Å²) in [6.45, 7) is 10.3. The van der Waals surface area contributed by atoms with Crippen molar-refractivity contribution in [1.82, 2.24) is 25.5 Å². The maximum absolute atomic E-state index is 4.05. The lowest BCUT2D eigenvalue weighted by Crippen LogP contribution is -2.22. The van der Waals surface area contributed by atoms with Crippen LogP contribution in [0.5, 0.6) is 0 Å². The van der Waals surface area contributed by atoms with Crippen LogP contribution in [-0.2, 0) is 6.54 Å². The number of tetrazole rings is 1. The molecule has 2 atom stereocenters. The van der Waals surface area contributed by atoms with E-state index in [2.05, 4.69) is 48.5 Å². The van der Waals surface area contributed by atoms with Crippen molar-refractivity contribution in [2.24, 2.45) is 5.92 Å². The van der Waals surface area contributed by atoms with Gasteiger partial charge in [0.05, 0.1) is 12.6 Å². The number of nitrogens with zero attached hydrogens (tertiary/aromatic N) is 4. The summed E-state index contributed by atoms with van der Waals surface area (Å²) in [6, 6.07) is 0.360. The fourth-order valence-electron chi connectivity index (χ4n) is 1.46. The third-order valence-corrected chi connectivity index (χ3v) is 2.95. The molecule has 1 aromatic heterocycles. The first kappa shape index (κ1) is 12.1. The maximum Gasteiger partial charge on any atom is 0.165 e. The lowest BCUT2D eigenvalue weighted by molar-refractivity contribution is 0.327. The van der Waals surface area contributed by atoms with Crippen molar-refractivity contribution in [2.45, 2.75) is 46.7 Å². The molecule has 0 bridgehead atoms. The molecule has 0 aliphatic carbocycles. The highest BCUT2D eigenvalue weighted by Gasteiger charge is 2.17. The van der Waals surface area contributed by atoms with E-state index in [1.54, 1.807) is 0 Å². The number of nitrogens with one attached hydrogen (secondary N) is 1. The highest BCUT2D eigenvalue weighted by atomic mass is 15.6. The summed E-state index contributed by atoms with van der Waals surface area (Å²) in [4.78, 5) is 0. The van der Waals surface area contributed by atoms with Gasteiger partial charge >= 0.3 is 0 Å². The summed E-state index contributed by atoms with van der Waals surface area (Å²) in [6.07, 6.45) is 1.14. The van der Waals surface area contributed by atoms with E-state index in [-0.39, 0.29) is 0 Å². The second-order valence-electron chi connectivity index (χ2n) is 3.95. The van der Waals surface area contributed by atoms with Gasteiger partial charge in [-0.2, -0.15) is 0 Å².